The summed E-state index contributed by atoms with van der Waals surface area (Å²) >= 11 is 5.69. The van der Waals surface area contributed by atoms with Crippen molar-refractivity contribution >= 4 is 44.3 Å². The molecule has 0 spiro atoms. The largest absolute Gasteiger partial charge is 0.372 e. The summed E-state index contributed by atoms with van der Waals surface area (Å²) in [4.78, 5) is 9.14. The maximum absolute atomic E-state index is 13.5. The molecule has 0 aliphatic heterocycles. The van der Waals surface area contributed by atoms with Gasteiger partial charge in [0.2, 0.25) is 0 Å². The maximum atomic E-state index is 13.5. The van der Waals surface area contributed by atoms with Crippen LogP contribution in [0.1, 0.15) is 19.5 Å². The van der Waals surface area contributed by atoms with Gasteiger partial charge in [-0.3, -0.25) is 0 Å². The number of anilines is 1. The zero-order valence-electron chi connectivity index (χ0n) is 12.0. The number of rotatable bonds is 4. The highest BCUT2D eigenvalue weighted by Crippen LogP contribution is 2.30. The van der Waals surface area contributed by atoms with Crippen LogP contribution in [0.25, 0.3) is 11.4 Å². The lowest BCUT2D eigenvalue weighted by Gasteiger charge is -2.13. The van der Waals surface area contributed by atoms with Crippen molar-refractivity contribution in [3.63, 3.8) is 0 Å². The van der Waals surface area contributed by atoms with Crippen LogP contribution in [0, 0.1) is 15.3 Å². The Morgan fingerprint density at radius 3 is 2.67 bits per heavy atom. The molecule has 0 fully saturated rings. The quantitative estimate of drug-likeness (QED) is 0.656. The molecule has 2 rings (SSSR count). The topological polar surface area (TPSA) is 37.8 Å². The standard InChI is InChI=1S/C15H16BrFIN3/c1-8(2)6-12-13(18)15(19-3)21-14(20-12)10-7-9(17)4-5-11(10)16/h4-5,7-8H,6H2,1-3H3,(H,19,20,21). The van der Waals surface area contributed by atoms with Gasteiger partial charge in [-0.1, -0.05) is 29.8 Å². The normalized spacial score (nSPS) is 11.0. The minimum atomic E-state index is -0.299. The summed E-state index contributed by atoms with van der Waals surface area (Å²) in [5, 5.41) is 3.09. The van der Waals surface area contributed by atoms with Gasteiger partial charge in [-0.05, 0) is 53.1 Å². The molecular weight excluding hydrogens is 448 g/mol. The van der Waals surface area contributed by atoms with E-state index in [9.17, 15) is 4.39 Å². The van der Waals surface area contributed by atoms with Crippen molar-refractivity contribution in [2.75, 3.05) is 12.4 Å². The van der Waals surface area contributed by atoms with Crippen LogP contribution in [0.2, 0.25) is 0 Å². The average Bonchev–Trinajstić information content (AvgIpc) is 2.43. The Morgan fingerprint density at radius 2 is 2.05 bits per heavy atom. The third-order valence-electron chi connectivity index (χ3n) is 2.93. The van der Waals surface area contributed by atoms with E-state index in [1.165, 1.54) is 12.1 Å². The van der Waals surface area contributed by atoms with E-state index in [0.717, 1.165) is 26.0 Å². The number of nitrogens with zero attached hydrogens (tertiary/aromatic N) is 2. The first-order valence-corrected chi connectivity index (χ1v) is 8.49. The number of benzene rings is 1. The molecule has 0 atom stereocenters. The van der Waals surface area contributed by atoms with E-state index in [1.54, 1.807) is 6.07 Å². The molecule has 21 heavy (non-hydrogen) atoms. The highest BCUT2D eigenvalue weighted by molar-refractivity contribution is 14.1. The Balaban J connectivity index is 2.60. The minimum absolute atomic E-state index is 0.299. The molecule has 0 saturated carbocycles. The van der Waals surface area contributed by atoms with Crippen molar-refractivity contribution in [3.05, 3.63) is 37.8 Å². The molecule has 0 aliphatic carbocycles. The van der Waals surface area contributed by atoms with Gasteiger partial charge in [0.1, 0.15) is 11.6 Å². The summed E-state index contributed by atoms with van der Waals surface area (Å²) < 4.78 is 15.3. The molecule has 1 heterocycles. The second-order valence-electron chi connectivity index (χ2n) is 5.13. The third kappa shape index (κ3) is 3.91. The van der Waals surface area contributed by atoms with Gasteiger partial charge < -0.3 is 5.32 Å². The van der Waals surface area contributed by atoms with Crippen molar-refractivity contribution in [1.29, 1.82) is 0 Å². The summed E-state index contributed by atoms with van der Waals surface area (Å²) in [7, 11) is 1.83. The molecule has 1 aromatic heterocycles. The van der Waals surface area contributed by atoms with Crippen molar-refractivity contribution < 1.29 is 4.39 Å². The Kier molecular flexibility index (Phi) is 5.54. The van der Waals surface area contributed by atoms with E-state index >= 15 is 0 Å². The number of halogens is 3. The molecule has 6 heteroatoms. The molecule has 0 radical (unpaired) electrons. The van der Waals surface area contributed by atoms with E-state index in [2.05, 4.69) is 67.7 Å². The number of aromatic nitrogens is 2. The molecule has 112 valence electrons. The van der Waals surface area contributed by atoms with Crippen LogP contribution in [-0.2, 0) is 6.42 Å². The van der Waals surface area contributed by atoms with Gasteiger partial charge in [-0.2, -0.15) is 0 Å². The predicted molar refractivity (Wildman–Crippen MR) is 95.9 cm³/mol. The lowest BCUT2D eigenvalue weighted by atomic mass is 10.1. The minimum Gasteiger partial charge on any atom is -0.372 e. The van der Waals surface area contributed by atoms with Crippen molar-refractivity contribution in [2.24, 2.45) is 5.92 Å². The summed E-state index contributed by atoms with van der Waals surface area (Å²) in [6.45, 7) is 4.30. The fraction of sp³-hybridized carbons (Fsp3) is 0.333. The van der Waals surface area contributed by atoms with Gasteiger partial charge >= 0.3 is 0 Å². The molecule has 0 unspecified atom stereocenters. The molecule has 0 saturated heterocycles. The lowest BCUT2D eigenvalue weighted by Crippen LogP contribution is -2.08. The summed E-state index contributed by atoms with van der Waals surface area (Å²) in [5.41, 5.74) is 1.64. The highest BCUT2D eigenvalue weighted by Gasteiger charge is 2.15. The smallest absolute Gasteiger partial charge is 0.163 e. The van der Waals surface area contributed by atoms with E-state index in [4.69, 9.17) is 0 Å². The van der Waals surface area contributed by atoms with Gasteiger partial charge in [-0.15, -0.1) is 0 Å². The molecular formula is C15H16BrFIN3. The zero-order valence-corrected chi connectivity index (χ0v) is 15.8. The van der Waals surface area contributed by atoms with Gasteiger partial charge in [0, 0.05) is 17.1 Å². The van der Waals surface area contributed by atoms with Crippen LogP contribution < -0.4 is 5.32 Å². The Bertz CT molecular complexity index is 662. The number of hydrogen-bond donors (Lipinski definition) is 1. The summed E-state index contributed by atoms with van der Waals surface area (Å²) in [5.74, 6) is 1.49. The molecule has 0 amide bonds. The summed E-state index contributed by atoms with van der Waals surface area (Å²) in [6, 6.07) is 4.53. The van der Waals surface area contributed by atoms with Crippen LogP contribution in [0.15, 0.2) is 22.7 Å². The van der Waals surface area contributed by atoms with Crippen LogP contribution in [0.5, 0.6) is 0 Å². The van der Waals surface area contributed by atoms with Crippen molar-refractivity contribution in [1.82, 2.24) is 9.97 Å². The molecule has 0 aliphatic rings. The first-order chi connectivity index (χ1) is 9.92. The molecule has 2 aromatic rings. The molecule has 3 nitrogen and oxygen atoms in total. The van der Waals surface area contributed by atoms with Gasteiger partial charge in [0.15, 0.2) is 5.82 Å². The van der Waals surface area contributed by atoms with E-state index in [-0.39, 0.29) is 5.82 Å². The second kappa shape index (κ2) is 7.00. The fourth-order valence-electron chi connectivity index (χ4n) is 1.97. The molecule has 1 N–H and O–H groups in total. The molecule has 0 bridgehead atoms. The lowest BCUT2D eigenvalue weighted by molar-refractivity contribution is 0.626. The highest BCUT2D eigenvalue weighted by atomic mass is 127. The average molecular weight is 464 g/mol. The fourth-order valence-corrected chi connectivity index (χ4v) is 3.13. The summed E-state index contributed by atoms with van der Waals surface area (Å²) in [6.07, 6.45) is 0.857. The van der Waals surface area contributed by atoms with Crippen LogP contribution in [-0.4, -0.2) is 17.0 Å². The maximum Gasteiger partial charge on any atom is 0.163 e. The number of nitrogens with one attached hydrogen (secondary N) is 1. The monoisotopic (exact) mass is 463 g/mol. The zero-order chi connectivity index (χ0) is 15.6. The van der Waals surface area contributed by atoms with Crippen LogP contribution in [0.4, 0.5) is 10.2 Å². The van der Waals surface area contributed by atoms with Gasteiger partial charge in [0.05, 0.1) is 9.26 Å². The first-order valence-electron chi connectivity index (χ1n) is 6.62. The SMILES string of the molecule is CNc1nc(-c2cc(F)ccc2Br)nc(CC(C)C)c1I. The first kappa shape index (κ1) is 16.6. The third-order valence-corrected chi connectivity index (χ3v) is 4.75. The van der Waals surface area contributed by atoms with E-state index in [0.29, 0.717) is 17.3 Å². The number of hydrogen-bond acceptors (Lipinski definition) is 3. The van der Waals surface area contributed by atoms with Crippen LogP contribution in [0.3, 0.4) is 0 Å². The second-order valence-corrected chi connectivity index (χ2v) is 7.06. The van der Waals surface area contributed by atoms with Gasteiger partial charge in [0.25, 0.3) is 0 Å². The Morgan fingerprint density at radius 1 is 1.33 bits per heavy atom. The van der Waals surface area contributed by atoms with E-state index < -0.39 is 0 Å². The Labute approximate surface area is 146 Å². The Hall–Kier alpha value is -0.760. The van der Waals surface area contributed by atoms with Crippen molar-refractivity contribution in [3.8, 4) is 11.4 Å². The van der Waals surface area contributed by atoms with E-state index in [1.807, 2.05) is 7.05 Å². The van der Waals surface area contributed by atoms with Gasteiger partial charge in [-0.25, -0.2) is 14.4 Å². The van der Waals surface area contributed by atoms with Crippen LogP contribution >= 0.6 is 38.5 Å². The molecule has 1 aromatic carbocycles. The predicted octanol–water partition coefficient (Wildman–Crippen LogP) is 4.89. The van der Waals surface area contributed by atoms with Crippen molar-refractivity contribution in [2.45, 2.75) is 20.3 Å².